The van der Waals surface area contributed by atoms with Gasteiger partial charge in [-0.25, -0.2) is 9.37 Å². The molecule has 1 amide bonds. The lowest BCUT2D eigenvalue weighted by molar-refractivity contribution is -0.127. The molecule has 0 radical (unpaired) electrons. The molecule has 0 aliphatic carbocycles. The van der Waals surface area contributed by atoms with Crippen LogP contribution < -0.4 is 15.4 Å². The summed E-state index contributed by atoms with van der Waals surface area (Å²) in [5.74, 6) is 5.28. The minimum absolute atomic E-state index is 0.0945. The molecular formula is C28H31F4N5O3. The van der Waals surface area contributed by atoms with Crippen LogP contribution in [0.1, 0.15) is 28.2 Å². The molecule has 3 aromatic rings. The maximum Gasteiger partial charge on any atom is 0.393 e. The number of nitrogens with one attached hydrogen (secondary N) is 2. The summed E-state index contributed by atoms with van der Waals surface area (Å²) in [7, 11) is 6.71. The predicted molar refractivity (Wildman–Crippen MR) is 145 cm³/mol. The number of benzene rings is 1. The molecule has 1 aliphatic rings. The lowest BCUT2D eigenvalue weighted by Gasteiger charge is -2.33. The summed E-state index contributed by atoms with van der Waals surface area (Å²) in [5, 5.41) is 6.31. The number of ether oxygens (including phenoxy) is 1. The van der Waals surface area contributed by atoms with Crippen LogP contribution in [0, 0.1) is 11.8 Å². The van der Waals surface area contributed by atoms with Crippen molar-refractivity contribution in [2.24, 2.45) is 0 Å². The van der Waals surface area contributed by atoms with Crippen LogP contribution in [0.2, 0.25) is 0 Å². The molecule has 0 saturated carbocycles. The molecule has 0 unspecified atom stereocenters. The normalized spacial score (nSPS) is 17.7. The van der Waals surface area contributed by atoms with Crippen molar-refractivity contribution in [1.29, 1.82) is 0 Å². The van der Waals surface area contributed by atoms with Crippen LogP contribution in [-0.2, 0) is 6.42 Å². The largest absolute Gasteiger partial charge is 0.477 e. The SMILES string of the molecule is CNc1cc(C(=O)N(C)C)ncc1OCC#Cc1oc2c(N[C@@H]3CCN(C)C[C@@H]3F)cccc2c1CC(F)(F)F. The highest BCUT2D eigenvalue weighted by atomic mass is 19.4. The van der Waals surface area contributed by atoms with E-state index in [2.05, 4.69) is 27.5 Å². The number of amides is 1. The Hall–Kier alpha value is -3.98. The summed E-state index contributed by atoms with van der Waals surface area (Å²) in [6.07, 6.45) is -4.95. The molecule has 8 nitrogen and oxygen atoms in total. The Morgan fingerprint density at radius 3 is 2.75 bits per heavy atom. The molecule has 2 atom stereocenters. The summed E-state index contributed by atoms with van der Waals surface area (Å²) in [4.78, 5) is 19.6. The van der Waals surface area contributed by atoms with E-state index < -0.39 is 24.8 Å². The van der Waals surface area contributed by atoms with E-state index in [1.54, 1.807) is 33.3 Å². The smallest absolute Gasteiger partial charge is 0.393 e. The van der Waals surface area contributed by atoms with Gasteiger partial charge < -0.3 is 29.6 Å². The summed E-state index contributed by atoms with van der Waals surface area (Å²) < 4.78 is 66.6. The molecule has 1 fully saturated rings. The average molecular weight is 562 g/mol. The van der Waals surface area contributed by atoms with Crippen molar-refractivity contribution < 1.29 is 31.5 Å². The Labute approximate surface area is 229 Å². The van der Waals surface area contributed by atoms with E-state index in [1.165, 1.54) is 23.2 Å². The van der Waals surface area contributed by atoms with E-state index in [0.717, 1.165) is 0 Å². The van der Waals surface area contributed by atoms with Gasteiger partial charge in [-0.15, -0.1) is 0 Å². The highest BCUT2D eigenvalue weighted by molar-refractivity contribution is 5.94. The van der Waals surface area contributed by atoms with Crippen molar-refractivity contribution >= 4 is 28.3 Å². The summed E-state index contributed by atoms with van der Waals surface area (Å²) >= 11 is 0. The van der Waals surface area contributed by atoms with Gasteiger partial charge >= 0.3 is 6.18 Å². The quantitative estimate of drug-likeness (QED) is 0.323. The lowest BCUT2D eigenvalue weighted by atomic mass is 10.0. The van der Waals surface area contributed by atoms with Crippen molar-refractivity contribution in [2.45, 2.75) is 31.2 Å². The third kappa shape index (κ3) is 6.77. The number of aromatic nitrogens is 1. The number of likely N-dealkylation sites (tertiary alicyclic amines) is 1. The van der Waals surface area contributed by atoms with Gasteiger partial charge in [-0.1, -0.05) is 18.1 Å². The van der Waals surface area contributed by atoms with E-state index in [9.17, 15) is 22.4 Å². The fraction of sp³-hybridized carbons (Fsp3) is 0.429. The number of para-hydroxylation sites is 1. The highest BCUT2D eigenvalue weighted by Gasteiger charge is 2.33. The third-order valence-electron chi connectivity index (χ3n) is 6.54. The van der Waals surface area contributed by atoms with Crippen LogP contribution in [0.4, 0.5) is 28.9 Å². The average Bonchev–Trinajstić information content (AvgIpc) is 3.24. The van der Waals surface area contributed by atoms with Gasteiger partial charge in [0.25, 0.3) is 5.91 Å². The van der Waals surface area contributed by atoms with Crippen LogP contribution in [0.15, 0.2) is 34.9 Å². The van der Waals surface area contributed by atoms with Gasteiger partial charge in [0.15, 0.2) is 17.1 Å². The summed E-state index contributed by atoms with van der Waals surface area (Å²) in [5.41, 5.74) is 1.23. The molecule has 3 heterocycles. The summed E-state index contributed by atoms with van der Waals surface area (Å²) in [6.45, 7) is 0.785. The fourth-order valence-electron chi connectivity index (χ4n) is 4.51. The maximum absolute atomic E-state index is 14.6. The Bertz CT molecular complexity index is 1430. The van der Waals surface area contributed by atoms with E-state index >= 15 is 0 Å². The maximum atomic E-state index is 14.6. The number of hydrogen-bond acceptors (Lipinski definition) is 7. The molecule has 0 bridgehead atoms. The topological polar surface area (TPSA) is 82.9 Å². The second-order valence-corrected chi connectivity index (χ2v) is 9.81. The van der Waals surface area contributed by atoms with E-state index in [-0.39, 0.29) is 47.0 Å². The predicted octanol–water partition coefficient (Wildman–Crippen LogP) is 4.56. The molecular weight excluding hydrogens is 530 g/mol. The number of carbonyl (C=O) groups excluding carboxylic acids is 1. The van der Waals surface area contributed by atoms with Crippen LogP contribution in [0.25, 0.3) is 11.0 Å². The molecule has 0 spiro atoms. The number of hydrogen-bond donors (Lipinski definition) is 2. The molecule has 1 aliphatic heterocycles. The zero-order valence-corrected chi connectivity index (χ0v) is 22.7. The van der Waals surface area contributed by atoms with Gasteiger partial charge in [-0.3, -0.25) is 4.79 Å². The number of nitrogens with zero attached hydrogens (tertiary/aromatic N) is 3. The number of anilines is 2. The van der Waals surface area contributed by atoms with Crippen molar-refractivity contribution in [3.63, 3.8) is 0 Å². The van der Waals surface area contributed by atoms with Crippen LogP contribution in [-0.4, -0.2) is 87.0 Å². The number of piperidine rings is 1. The van der Waals surface area contributed by atoms with Gasteiger partial charge in [-0.05, 0) is 31.5 Å². The second kappa shape index (κ2) is 12.0. The first-order valence-electron chi connectivity index (χ1n) is 12.7. The minimum atomic E-state index is -4.50. The summed E-state index contributed by atoms with van der Waals surface area (Å²) in [6, 6.07) is 5.85. The molecule has 40 heavy (non-hydrogen) atoms. The molecule has 2 aromatic heterocycles. The van der Waals surface area contributed by atoms with Crippen LogP contribution >= 0.6 is 0 Å². The Morgan fingerprint density at radius 2 is 2.08 bits per heavy atom. The van der Waals surface area contributed by atoms with Gasteiger partial charge in [0, 0.05) is 45.2 Å². The number of carbonyl (C=O) groups is 1. The van der Waals surface area contributed by atoms with E-state index in [1.807, 2.05) is 11.9 Å². The molecule has 2 N–H and O–H groups in total. The molecule has 214 valence electrons. The number of pyridine rings is 1. The van der Waals surface area contributed by atoms with E-state index in [0.29, 0.717) is 30.1 Å². The van der Waals surface area contributed by atoms with Crippen LogP contribution in [0.5, 0.6) is 5.75 Å². The fourth-order valence-corrected chi connectivity index (χ4v) is 4.51. The number of fused-ring (bicyclic) bond motifs is 1. The Balaban J connectivity index is 1.59. The minimum Gasteiger partial charge on any atom is -0.477 e. The molecule has 4 rings (SSSR count). The van der Waals surface area contributed by atoms with Gasteiger partial charge in [0.1, 0.15) is 18.5 Å². The van der Waals surface area contributed by atoms with Gasteiger partial charge in [-0.2, -0.15) is 13.2 Å². The molecule has 1 saturated heterocycles. The van der Waals surface area contributed by atoms with Gasteiger partial charge in [0.2, 0.25) is 0 Å². The Morgan fingerprint density at radius 1 is 1.30 bits per heavy atom. The standard InChI is InChI=1S/C28H31F4N5O3/c1-33-22-13-23(27(38)36(2)3)34-15-25(22)39-12-6-9-24-18(14-28(30,31)32)17-7-5-8-21(26(17)40-24)35-20-10-11-37(4)16-19(20)29/h5,7-8,13,15,19-20,35H,10-12,14,16H2,1-4H3,(H,33,34)/t19-,20+/m0/s1. The van der Waals surface area contributed by atoms with Crippen molar-refractivity contribution in [3.8, 4) is 17.6 Å². The van der Waals surface area contributed by atoms with Crippen molar-refractivity contribution in [3.05, 3.63) is 47.5 Å². The van der Waals surface area contributed by atoms with Crippen LogP contribution in [0.3, 0.4) is 0 Å². The number of furan rings is 1. The monoisotopic (exact) mass is 561 g/mol. The molecule has 12 heteroatoms. The zero-order chi connectivity index (χ0) is 29.0. The number of rotatable bonds is 7. The van der Waals surface area contributed by atoms with Gasteiger partial charge in [0.05, 0.1) is 30.0 Å². The van der Waals surface area contributed by atoms with Crippen molar-refractivity contribution in [2.75, 3.05) is 58.5 Å². The van der Waals surface area contributed by atoms with E-state index in [4.69, 9.17) is 9.15 Å². The first-order valence-corrected chi connectivity index (χ1v) is 12.7. The van der Waals surface area contributed by atoms with Crippen molar-refractivity contribution in [1.82, 2.24) is 14.8 Å². The second-order valence-electron chi connectivity index (χ2n) is 9.81. The number of halogens is 4. The lowest BCUT2D eigenvalue weighted by Crippen LogP contribution is -2.46. The third-order valence-corrected chi connectivity index (χ3v) is 6.54. The number of alkyl halides is 4. The highest BCUT2D eigenvalue weighted by Crippen LogP contribution is 2.36. The first kappa shape index (κ1) is 29.0. The first-order chi connectivity index (χ1) is 19.0. The Kier molecular flexibility index (Phi) is 8.73. The zero-order valence-electron chi connectivity index (χ0n) is 22.7. The molecule has 1 aromatic carbocycles.